The van der Waals surface area contributed by atoms with Crippen LogP contribution in [-0.2, 0) is 0 Å². The summed E-state index contributed by atoms with van der Waals surface area (Å²) in [5.41, 5.74) is 0.548. The normalized spacial score (nSPS) is 12.1. The molecule has 0 amide bonds. The van der Waals surface area contributed by atoms with Crippen LogP contribution in [-0.4, -0.2) is 48.3 Å². The first-order chi connectivity index (χ1) is 7.39. The van der Waals surface area contributed by atoms with Crippen LogP contribution >= 0.6 is 0 Å². The molecule has 0 aromatic carbocycles. The fraction of sp³-hybridized carbons (Fsp3) is 0.846. The van der Waals surface area contributed by atoms with Crippen LogP contribution in [0.15, 0.2) is 12.2 Å². The zero-order valence-corrected chi connectivity index (χ0v) is 11.3. The molecular weight excluding hydrogens is 200 g/mol. The Balaban J connectivity index is 3.88. The molecule has 0 fully saturated rings. The molecule has 0 aliphatic rings. The second-order valence-corrected chi connectivity index (χ2v) is 5.04. The molecular formula is C13H28N2O. The van der Waals surface area contributed by atoms with Crippen LogP contribution in [0, 0.1) is 0 Å². The van der Waals surface area contributed by atoms with E-state index in [1.165, 1.54) is 5.57 Å². The molecule has 0 radical (unpaired) electrons. The summed E-state index contributed by atoms with van der Waals surface area (Å²) >= 11 is 0. The summed E-state index contributed by atoms with van der Waals surface area (Å²) in [6.07, 6.45) is 1.15. The fourth-order valence-electron chi connectivity index (χ4n) is 1.64. The van der Waals surface area contributed by atoms with E-state index < -0.39 is 5.60 Å². The number of rotatable bonds is 9. The molecule has 0 saturated carbocycles. The van der Waals surface area contributed by atoms with E-state index in [9.17, 15) is 5.11 Å². The average molecular weight is 228 g/mol. The van der Waals surface area contributed by atoms with Gasteiger partial charge in [0.2, 0.25) is 0 Å². The van der Waals surface area contributed by atoms with Crippen molar-refractivity contribution in [3.8, 4) is 0 Å². The van der Waals surface area contributed by atoms with Crippen molar-refractivity contribution >= 4 is 0 Å². The standard InChI is InChI=1S/C13H28N2O/c1-6-8-14-9-12(3)10-15(7-2)11-13(4,5)16/h14,16H,3,6-11H2,1-2,4-5H3. The molecule has 2 N–H and O–H groups in total. The van der Waals surface area contributed by atoms with E-state index in [1.807, 2.05) is 13.8 Å². The van der Waals surface area contributed by atoms with Crippen molar-refractivity contribution in [1.29, 1.82) is 0 Å². The van der Waals surface area contributed by atoms with Crippen molar-refractivity contribution in [1.82, 2.24) is 10.2 Å². The van der Waals surface area contributed by atoms with Gasteiger partial charge < -0.3 is 10.4 Å². The minimum Gasteiger partial charge on any atom is -0.389 e. The Morgan fingerprint density at radius 2 is 2.00 bits per heavy atom. The van der Waals surface area contributed by atoms with Crippen LogP contribution in [0.3, 0.4) is 0 Å². The number of hydrogen-bond donors (Lipinski definition) is 2. The van der Waals surface area contributed by atoms with E-state index in [-0.39, 0.29) is 0 Å². The topological polar surface area (TPSA) is 35.5 Å². The Kier molecular flexibility index (Phi) is 7.64. The first-order valence-electron chi connectivity index (χ1n) is 6.21. The molecule has 3 nitrogen and oxygen atoms in total. The summed E-state index contributed by atoms with van der Waals surface area (Å²) in [6.45, 7) is 16.4. The highest BCUT2D eigenvalue weighted by atomic mass is 16.3. The fourth-order valence-corrected chi connectivity index (χ4v) is 1.64. The van der Waals surface area contributed by atoms with Gasteiger partial charge in [0, 0.05) is 19.6 Å². The van der Waals surface area contributed by atoms with Crippen molar-refractivity contribution in [2.75, 3.05) is 32.7 Å². The lowest BCUT2D eigenvalue weighted by Crippen LogP contribution is -2.40. The van der Waals surface area contributed by atoms with E-state index in [1.54, 1.807) is 0 Å². The molecule has 0 aliphatic carbocycles. The van der Waals surface area contributed by atoms with Crippen molar-refractivity contribution in [2.45, 2.75) is 39.7 Å². The quantitative estimate of drug-likeness (QED) is 0.465. The molecule has 16 heavy (non-hydrogen) atoms. The van der Waals surface area contributed by atoms with Crippen molar-refractivity contribution in [2.24, 2.45) is 0 Å². The van der Waals surface area contributed by atoms with E-state index in [0.29, 0.717) is 6.54 Å². The number of aliphatic hydroxyl groups is 1. The maximum absolute atomic E-state index is 9.76. The van der Waals surface area contributed by atoms with Crippen molar-refractivity contribution in [3.63, 3.8) is 0 Å². The third kappa shape index (κ3) is 8.89. The van der Waals surface area contributed by atoms with Crippen molar-refractivity contribution in [3.05, 3.63) is 12.2 Å². The number of nitrogens with one attached hydrogen (secondary N) is 1. The SMILES string of the molecule is C=C(CNCCC)CN(CC)CC(C)(C)O. The van der Waals surface area contributed by atoms with Crippen LogP contribution in [0.5, 0.6) is 0 Å². The predicted molar refractivity (Wildman–Crippen MR) is 70.7 cm³/mol. The van der Waals surface area contributed by atoms with Gasteiger partial charge in [-0.1, -0.05) is 20.4 Å². The molecule has 96 valence electrons. The predicted octanol–water partition coefficient (Wildman–Crippen LogP) is 1.63. The second-order valence-electron chi connectivity index (χ2n) is 5.04. The van der Waals surface area contributed by atoms with E-state index in [4.69, 9.17) is 0 Å². The zero-order chi connectivity index (χ0) is 12.6. The second kappa shape index (κ2) is 7.82. The highest BCUT2D eigenvalue weighted by Gasteiger charge is 2.17. The van der Waals surface area contributed by atoms with Gasteiger partial charge in [-0.3, -0.25) is 4.90 Å². The molecule has 3 heteroatoms. The molecule has 0 bridgehead atoms. The minimum atomic E-state index is -0.632. The molecule has 0 heterocycles. The highest BCUT2D eigenvalue weighted by molar-refractivity contribution is 5.00. The van der Waals surface area contributed by atoms with Crippen molar-refractivity contribution < 1.29 is 5.11 Å². The molecule has 0 unspecified atom stereocenters. The number of nitrogens with zero attached hydrogens (tertiary/aromatic N) is 1. The molecule has 0 aromatic rings. The summed E-state index contributed by atoms with van der Waals surface area (Å²) in [7, 11) is 0. The van der Waals surface area contributed by atoms with E-state index >= 15 is 0 Å². The van der Waals surface area contributed by atoms with Gasteiger partial charge in [0.25, 0.3) is 0 Å². The van der Waals surface area contributed by atoms with Gasteiger partial charge in [0.15, 0.2) is 0 Å². The highest BCUT2D eigenvalue weighted by Crippen LogP contribution is 2.06. The van der Waals surface area contributed by atoms with Gasteiger partial charge >= 0.3 is 0 Å². The monoisotopic (exact) mass is 228 g/mol. The summed E-state index contributed by atoms with van der Waals surface area (Å²) < 4.78 is 0. The van der Waals surface area contributed by atoms with Crippen LogP contribution < -0.4 is 5.32 Å². The summed E-state index contributed by atoms with van der Waals surface area (Å²) in [5.74, 6) is 0. The molecule has 0 aliphatic heterocycles. The Bertz CT molecular complexity index is 197. The Labute approximate surface area is 101 Å². The van der Waals surface area contributed by atoms with Gasteiger partial charge in [0.1, 0.15) is 0 Å². The average Bonchev–Trinajstić information content (AvgIpc) is 2.15. The maximum Gasteiger partial charge on any atom is 0.0718 e. The first kappa shape index (κ1) is 15.6. The smallest absolute Gasteiger partial charge is 0.0718 e. The van der Waals surface area contributed by atoms with Crippen LogP contribution in [0.2, 0.25) is 0 Å². The molecule has 0 saturated heterocycles. The lowest BCUT2D eigenvalue weighted by molar-refractivity contribution is 0.0407. The Morgan fingerprint density at radius 3 is 2.44 bits per heavy atom. The van der Waals surface area contributed by atoms with E-state index in [0.717, 1.165) is 32.6 Å². The molecule has 0 spiro atoms. The van der Waals surface area contributed by atoms with Gasteiger partial charge in [-0.2, -0.15) is 0 Å². The molecule has 0 rings (SSSR count). The third-order valence-electron chi connectivity index (χ3n) is 2.31. The number of hydrogen-bond acceptors (Lipinski definition) is 3. The van der Waals surface area contributed by atoms with Gasteiger partial charge in [0.05, 0.1) is 5.60 Å². The van der Waals surface area contributed by atoms with Crippen LogP contribution in [0.1, 0.15) is 34.1 Å². The summed E-state index contributed by atoms with van der Waals surface area (Å²) in [4.78, 5) is 2.22. The van der Waals surface area contributed by atoms with E-state index in [2.05, 4.69) is 30.6 Å². The van der Waals surface area contributed by atoms with Gasteiger partial charge in [-0.15, -0.1) is 0 Å². The summed E-state index contributed by atoms with van der Waals surface area (Å²) in [6, 6.07) is 0. The Morgan fingerprint density at radius 1 is 1.38 bits per heavy atom. The first-order valence-corrected chi connectivity index (χ1v) is 6.21. The lowest BCUT2D eigenvalue weighted by atomic mass is 10.1. The van der Waals surface area contributed by atoms with Gasteiger partial charge in [-0.05, 0) is 38.9 Å². The Hall–Kier alpha value is -0.380. The zero-order valence-electron chi connectivity index (χ0n) is 11.3. The number of likely N-dealkylation sites (N-methyl/N-ethyl adjacent to an activating group) is 1. The van der Waals surface area contributed by atoms with Crippen LogP contribution in [0.25, 0.3) is 0 Å². The lowest BCUT2D eigenvalue weighted by Gasteiger charge is -2.28. The third-order valence-corrected chi connectivity index (χ3v) is 2.31. The largest absolute Gasteiger partial charge is 0.389 e. The minimum absolute atomic E-state index is 0.632. The molecule has 0 aromatic heterocycles. The van der Waals surface area contributed by atoms with Gasteiger partial charge in [-0.25, -0.2) is 0 Å². The maximum atomic E-state index is 9.76. The molecule has 0 atom stereocenters. The van der Waals surface area contributed by atoms with Crippen LogP contribution in [0.4, 0.5) is 0 Å². The summed E-state index contributed by atoms with van der Waals surface area (Å²) in [5, 5.41) is 13.1.